The summed E-state index contributed by atoms with van der Waals surface area (Å²) in [5.74, 6) is -0.666. The van der Waals surface area contributed by atoms with Crippen molar-refractivity contribution in [1.29, 1.82) is 0 Å². The molecule has 1 heterocycles. The molecule has 0 unspecified atom stereocenters. The number of hydrogen-bond donors (Lipinski definition) is 0. The van der Waals surface area contributed by atoms with E-state index in [-0.39, 0.29) is 17.2 Å². The Hall–Kier alpha value is -1.33. The molecule has 0 saturated carbocycles. The zero-order valence-corrected chi connectivity index (χ0v) is 10.5. The third-order valence-corrected chi connectivity index (χ3v) is 3.58. The quantitative estimate of drug-likeness (QED) is 0.805. The van der Waals surface area contributed by atoms with Gasteiger partial charge in [0.2, 0.25) is 0 Å². The Morgan fingerprint density at radius 3 is 2.94 bits per heavy atom. The first-order valence-corrected chi connectivity index (χ1v) is 5.99. The number of aromatic nitrogens is 2. The topological polar surface area (TPSA) is 42.9 Å². The highest BCUT2D eigenvalue weighted by atomic mass is 35.5. The van der Waals surface area contributed by atoms with Gasteiger partial charge in [0.05, 0.1) is 10.7 Å². The fourth-order valence-electron chi connectivity index (χ4n) is 1.42. The fraction of sp³-hybridized carbons (Fsp3) is 0.182. The van der Waals surface area contributed by atoms with Gasteiger partial charge in [-0.05, 0) is 30.1 Å². The number of carbonyl (C=O) groups is 1. The van der Waals surface area contributed by atoms with Gasteiger partial charge in [-0.25, -0.2) is 4.39 Å². The van der Waals surface area contributed by atoms with E-state index in [0.717, 1.165) is 11.5 Å². The zero-order chi connectivity index (χ0) is 12.4. The summed E-state index contributed by atoms with van der Waals surface area (Å²) in [6.07, 6.45) is 0.0569. The van der Waals surface area contributed by atoms with E-state index in [1.165, 1.54) is 12.1 Å². The van der Waals surface area contributed by atoms with Gasteiger partial charge in [-0.1, -0.05) is 28.2 Å². The van der Waals surface area contributed by atoms with Gasteiger partial charge in [0, 0.05) is 6.42 Å². The van der Waals surface area contributed by atoms with Crippen LogP contribution in [0.3, 0.4) is 0 Å². The molecule has 1 aromatic heterocycles. The van der Waals surface area contributed by atoms with Crippen molar-refractivity contribution >= 4 is 28.9 Å². The second kappa shape index (κ2) is 4.89. The van der Waals surface area contributed by atoms with Crippen LogP contribution in [0.25, 0.3) is 0 Å². The van der Waals surface area contributed by atoms with Crippen molar-refractivity contribution < 1.29 is 9.18 Å². The third kappa shape index (κ3) is 2.50. The van der Waals surface area contributed by atoms with E-state index in [2.05, 4.69) is 9.59 Å². The van der Waals surface area contributed by atoms with E-state index in [4.69, 9.17) is 11.6 Å². The van der Waals surface area contributed by atoms with Crippen molar-refractivity contribution in [2.45, 2.75) is 13.3 Å². The van der Waals surface area contributed by atoms with E-state index >= 15 is 0 Å². The average molecular weight is 271 g/mol. The van der Waals surface area contributed by atoms with Gasteiger partial charge in [-0.3, -0.25) is 4.79 Å². The maximum absolute atomic E-state index is 13.2. The maximum atomic E-state index is 13.2. The van der Waals surface area contributed by atoms with Gasteiger partial charge < -0.3 is 0 Å². The number of Topliss-reactive ketones (excluding diaryl/α,β-unsaturated/α-hetero) is 1. The van der Waals surface area contributed by atoms with Crippen LogP contribution < -0.4 is 0 Å². The van der Waals surface area contributed by atoms with Crippen LogP contribution in [0.1, 0.15) is 20.9 Å². The molecule has 17 heavy (non-hydrogen) atoms. The van der Waals surface area contributed by atoms with E-state index in [0.29, 0.717) is 16.1 Å². The first kappa shape index (κ1) is 12.1. The molecule has 2 rings (SSSR count). The number of halogens is 2. The lowest BCUT2D eigenvalue weighted by atomic mass is 10.1. The van der Waals surface area contributed by atoms with Crippen LogP contribution in [-0.2, 0) is 6.42 Å². The van der Waals surface area contributed by atoms with Crippen molar-refractivity contribution in [2.24, 2.45) is 0 Å². The Labute approximate surface area is 106 Å². The van der Waals surface area contributed by atoms with Crippen LogP contribution in [0, 0.1) is 12.7 Å². The molecule has 2 aromatic rings. The van der Waals surface area contributed by atoms with E-state index in [1.54, 1.807) is 13.0 Å². The lowest BCUT2D eigenvalue weighted by Gasteiger charge is -2.03. The highest BCUT2D eigenvalue weighted by molar-refractivity contribution is 7.08. The first-order valence-electron chi connectivity index (χ1n) is 4.84. The van der Waals surface area contributed by atoms with Crippen LogP contribution in [-0.4, -0.2) is 15.4 Å². The molecule has 0 bridgehead atoms. The number of carbonyl (C=O) groups excluding carboxylic acids is 1. The molecule has 0 aliphatic rings. The lowest BCUT2D eigenvalue weighted by Crippen LogP contribution is -2.04. The van der Waals surface area contributed by atoms with E-state index in [1.807, 2.05) is 0 Å². The Kier molecular flexibility index (Phi) is 3.49. The number of hydrogen-bond acceptors (Lipinski definition) is 4. The molecule has 0 fully saturated rings. The standard InChI is InChI=1S/C11H8ClFN2OS/c1-6-11(17-15-14-6)9(16)5-7-3-2-4-8(13)10(7)12/h2-4H,5H2,1H3. The minimum absolute atomic E-state index is 0.00372. The van der Waals surface area contributed by atoms with Crippen molar-refractivity contribution in [3.8, 4) is 0 Å². The second-order valence-corrected chi connectivity index (χ2v) is 4.63. The molecule has 0 aliphatic heterocycles. The summed E-state index contributed by atoms with van der Waals surface area (Å²) in [6, 6.07) is 4.42. The van der Waals surface area contributed by atoms with Crippen molar-refractivity contribution in [3.63, 3.8) is 0 Å². The SMILES string of the molecule is Cc1nnsc1C(=O)Cc1cccc(F)c1Cl. The molecule has 6 heteroatoms. The van der Waals surface area contributed by atoms with Crippen molar-refractivity contribution in [2.75, 3.05) is 0 Å². The summed E-state index contributed by atoms with van der Waals surface area (Å²) in [5, 5.41) is 3.76. The van der Waals surface area contributed by atoms with Crippen LogP contribution >= 0.6 is 23.1 Å². The zero-order valence-electron chi connectivity index (χ0n) is 8.91. The number of ketones is 1. The molecule has 0 atom stereocenters. The highest BCUT2D eigenvalue weighted by Crippen LogP contribution is 2.22. The molecule has 0 aliphatic carbocycles. The van der Waals surface area contributed by atoms with Gasteiger partial charge >= 0.3 is 0 Å². The molecule has 1 aromatic carbocycles. The summed E-state index contributed by atoms with van der Waals surface area (Å²) < 4.78 is 16.9. The van der Waals surface area contributed by atoms with Crippen LogP contribution in [0.2, 0.25) is 5.02 Å². The normalized spacial score (nSPS) is 10.5. The Morgan fingerprint density at radius 2 is 2.29 bits per heavy atom. The van der Waals surface area contributed by atoms with Gasteiger partial charge in [0.1, 0.15) is 10.7 Å². The van der Waals surface area contributed by atoms with Gasteiger partial charge in [-0.15, -0.1) is 5.10 Å². The Bertz CT molecular complexity index is 570. The number of aryl methyl sites for hydroxylation is 1. The molecular formula is C11H8ClFN2OS. The smallest absolute Gasteiger partial charge is 0.180 e. The van der Waals surface area contributed by atoms with Gasteiger partial charge in [-0.2, -0.15) is 0 Å². The predicted octanol–water partition coefficient (Wildman–Crippen LogP) is 3.06. The second-order valence-electron chi connectivity index (χ2n) is 3.50. The molecular weight excluding hydrogens is 263 g/mol. The third-order valence-electron chi connectivity index (χ3n) is 2.29. The molecule has 0 radical (unpaired) electrons. The highest BCUT2D eigenvalue weighted by Gasteiger charge is 2.16. The van der Waals surface area contributed by atoms with E-state index in [9.17, 15) is 9.18 Å². The van der Waals surface area contributed by atoms with Gasteiger partial charge in [0.15, 0.2) is 5.78 Å². The molecule has 0 amide bonds. The monoisotopic (exact) mass is 270 g/mol. The van der Waals surface area contributed by atoms with Crippen LogP contribution in [0.15, 0.2) is 18.2 Å². The van der Waals surface area contributed by atoms with Crippen LogP contribution in [0.4, 0.5) is 4.39 Å². The van der Waals surface area contributed by atoms with Crippen molar-refractivity contribution in [1.82, 2.24) is 9.59 Å². The van der Waals surface area contributed by atoms with Crippen LogP contribution in [0.5, 0.6) is 0 Å². The minimum Gasteiger partial charge on any atom is -0.293 e. The minimum atomic E-state index is -0.517. The summed E-state index contributed by atoms with van der Waals surface area (Å²) in [6.45, 7) is 1.71. The predicted molar refractivity (Wildman–Crippen MR) is 64.1 cm³/mol. The number of benzene rings is 1. The number of nitrogens with zero attached hydrogens (tertiary/aromatic N) is 2. The summed E-state index contributed by atoms with van der Waals surface area (Å²) in [5.41, 5.74) is 1.07. The Morgan fingerprint density at radius 1 is 1.53 bits per heavy atom. The lowest BCUT2D eigenvalue weighted by molar-refractivity contribution is 0.0996. The van der Waals surface area contributed by atoms with Gasteiger partial charge in [0.25, 0.3) is 0 Å². The summed E-state index contributed by atoms with van der Waals surface area (Å²) >= 11 is 6.82. The number of rotatable bonds is 3. The largest absolute Gasteiger partial charge is 0.293 e. The molecule has 0 N–H and O–H groups in total. The molecule has 3 nitrogen and oxygen atoms in total. The first-order chi connectivity index (χ1) is 8.09. The maximum Gasteiger partial charge on any atom is 0.180 e. The van der Waals surface area contributed by atoms with Crippen molar-refractivity contribution in [3.05, 3.63) is 45.2 Å². The summed E-state index contributed by atoms with van der Waals surface area (Å²) in [7, 11) is 0. The molecule has 0 saturated heterocycles. The average Bonchev–Trinajstić information content (AvgIpc) is 2.71. The fourth-order valence-corrected chi connectivity index (χ4v) is 2.21. The van der Waals surface area contributed by atoms with E-state index < -0.39 is 5.82 Å². The molecule has 0 spiro atoms. The summed E-state index contributed by atoms with van der Waals surface area (Å²) in [4.78, 5) is 12.4. The molecule has 88 valence electrons. The Balaban J connectivity index is 2.25.